The molecule has 0 spiro atoms. The van der Waals surface area contributed by atoms with Crippen molar-refractivity contribution < 1.29 is 29.3 Å². The molecular formula is C48H48Br2N4O6. The van der Waals surface area contributed by atoms with E-state index in [9.17, 15) is 19.8 Å². The van der Waals surface area contributed by atoms with Crippen LogP contribution in [0, 0.1) is 10.8 Å². The smallest absolute Gasteiger partial charge is 0.344 e. The van der Waals surface area contributed by atoms with Gasteiger partial charge in [0, 0.05) is 22.2 Å². The summed E-state index contributed by atoms with van der Waals surface area (Å²) in [5.74, 6) is -1.10. The number of H-pyrrole nitrogens is 2. The number of aliphatic carboxylic acids is 2. The Balaban J connectivity index is 1.37. The summed E-state index contributed by atoms with van der Waals surface area (Å²) in [6.45, 7) is 12.5. The normalized spacial score (nSPS) is 13.6. The van der Waals surface area contributed by atoms with Crippen LogP contribution in [0.2, 0.25) is 0 Å². The van der Waals surface area contributed by atoms with Gasteiger partial charge in [0.15, 0.2) is 12.2 Å². The van der Waals surface area contributed by atoms with Gasteiger partial charge in [-0.1, -0.05) is 65.8 Å². The van der Waals surface area contributed by atoms with Crippen molar-refractivity contribution in [2.75, 3.05) is 0 Å². The van der Waals surface area contributed by atoms with Crippen molar-refractivity contribution in [2.24, 2.45) is 10.8 Å². The van der Waals surface area contributed by atoms with E-state index in [1.807, 2.05) is 85.0 Å². The zero-order valence-electron chi connectivity index (χ0n) is 34.4. The summed E-state index contributed by atoms with van der Waals surface area (Å²) in [6, 6.07) is 22.9. The molecule has 60 heavy (non-hydrogen) atoms. The topological polar surface area (TPSA) is 150 Å². The monoisotopic (exact) mass is 934 g/mol. The van der Waals surface area contributed by atoms with Crippen LogP contribution in [0.4, 0.5) is 0 Å². The van der Waals surface area contributed by atoms with E-state index < -0.39 is 24.1 Å². The fourth-order valence-corrected chi connectivity index (χ4v) is 8.02. The van der Waals surface area contributed by atoms with Gasteiger partial charge in [-0.05, 0) is 152 Å². The minimum absolute atomic E-state index is 0.0365. The highest BCUT2D eigenvalue weighted by molar-refractivity contribution is 9.11. The summed E-state index contributed by atoms with van der Waals surface area (Å²) < 4.78 is 13.7. The second-order valence-electron chi connectivity index (χ2n) is 17.5. The lowest BCUT2D eigenvalue weighted by atomic mass is 9.89. The molecule has 0 saturated heterocycles. The molecule has 5 heterocycles. The number of carbonyl (C=O) groups is 2. The van der Waals surface area contributed by atoms with Gasteiger partial charge in [-0.25, -0.2) is 19.6 Å². The first-order valence-corrected chi connectivity index (χ1v) is 21.5. The molecular weight excluding hydrogens is 888 g/mol. The maximum atomic E-state index is 12.2. The van der Waals surface area contributed by atoms with Gasteiger partial charge in [0.1, 0.15) is 11.5 Å². The van der Waals surface area contributed by atoms with E-state index in [0.29, 0.717) is 60.0 Å². The maximum absolute atomic E-state index is 12.2. The van der Waals surface area contributed by atoms with Gasteiger partial charge in [-0.3, -0.25) is 0 Å². The number of carboxylic acid groups (broad SMARTS) is 2. The molecule has 3 aromatic heterocycles. The Morgan fingerprint density at radius 1 is 0.583 bits per heavy atom. The van der Waals surface area contributed by atoms with E-state index in [1.54, 1.807) is 12.1 Å². The zero-order chi connectivity index (χ0) is 42.9. The van der Waals surface area contributed by atoms with Crippen molar-refractivity contribution in [3.05, 3.63) is 105 Å². The van der Waals surface area contributed by atoms with Crippen molar-refractivity contribution in [1.82, 2.24) is 19.9 Å². The van der Waals surface area contributed by atoms with Crippen LogP contribution in [0.15, 0.2) is 81.7 Å². The molecule has 2 aliphatic heterocycles. The number of halogens is 2. The van der Waals surface area contributed by atoms with Crippen LogP contribution in [0.25, 0.3) is 68.6 Å². The number of benzene rings is 2. The highest BCUT2D eigenvalue weighted by Gasteiger charge is 2.25. The van der Waals surface area contributed by atoms with E-state index in [0.717, 1.165) is 53.3 Å². The maximum Gasteiger partial charge on any atom is 0.344 e. The molecule has 2 aliphatic rings. The van der Waals surface area contributed by atoms with Crippen molar-refractivity contribution in [1.29, 1.82) is 0 Å². The lowest BCUT2D eigenvalue weighted by Crippen LogP contribution is -2.28. The quantitative estimate of drug-likeness (QED) is 0.0946. The van der Waals surface area contributed by atoms with Crippen LogP contribution in [0.3, 0.4) is 0 Å². The molecule has 8 bridgehead atoms. The molecule has 0 aliphatic carbocycles. The Labute approximate surface area is 366 Å². The Kier molecular flexibility index (Phi) is 12.3. The third-order valence-corrected chi connectivity index (χ3v) is 12.0. The Morgan fingerprint density at radius 3 is 1.32 bits per heavy atom. The summed E-state index contributed by atoms with van der Waals surface area (Å²) in [5, 5.41) is 20.1. The molecule has 0 fully saturated rings. The first-order valence-electron chi connectivity index (χ1n) is 19.9. The Morgan fingerprint density at radius 2 is 0.950 bits per heavy atom. The first kappa shape index (κ1) is 42.7. The third-order valence-electron chi connectivity index (χ3n) is 10.3. The molecule has 12 heteroatoms. The highest BCUT2D eigenvalue weighted by atomic mass is 79.9. The van der Waals surface area contributed by atoms with Gasteiger partial charge >= 0.3 is 11.9 Å². The number of ether oxygens (including phenoxy) is 2. The van der Waals surface area contributed by atoms with Gasteiger partial charge < -0.3 is 29.7 Å². The molecule has 0 amide bonds. The number of aromatic amines is 2. The number of nitrogens with one attached hydrogen (secondary N) is 2. The van der Waals surface area contributed by atoms with Crippen LogP contribution >= 0.6 is 31.9 Å². The standard InChI is InChI=1S/C48H48Br2N4O6/c1-47(2,3)23-21-39(45(55)56)59-29-11-7-9-27(25-29)41-31-13-17-35(51-31)43(49)37-19-15-33(53-37)42(34-16-20-38(54-34)44(50)36-18-14-32(41)52-36)28-10-8-12-30(26-28)60-40(46(57)58)22-24-48(4,5)6/h7-20,25-26,39-40,51,54H,21-24H2,1-6H3,(H,55,56)(H,57,58). The van der Waals surface area contributed by atoms with Crippen LogP contribution in [0.1, 0.15) is 90.0 Å². The molecule has 10 nitrogen and oxygen atoms in total. The molecule has 2 atom stereocenters. The summed E-state index contributed by atoms with van der Waals surface area (Å²) >= 11 is 7.68. The third kappa shape index (κ3) is 9.93. The minimum atomic E-state index is -1.00. The first-order chi connectivity index (χ1) is 28.4. The lowest BCUT2D eigenvalue weighted by molar-refractivity contribution is -0.146. The molecule has 0 radical (unpaired) electrons. The largest absolute Gasteiger partial charge is 0.479 e. The van der Waals surface area contributed by atoms with Crippen LogP contribution in [0.5, 0.6) is 11.5 Å². The Hall–Kier alpha value is -5.46. The second-order valence-corrected chi connectivity index (χ2v) is 19.1. The highest BCUT2D eigenvalue weighted by Crippen LogP contribution is 2.38. The van der Waals surface area contributed by atoms with Gasteiger partial charge in [0.2, 0.25) is 0 Å². The van der Waals surface area contributed by atoms with E-state index in [-0.39, 0.29) is 10.8 Å². The SMILES string of the molecule is CC(C)(C)CCC(Oc1cccc(-c2c3nc(c(Br)c4ccc([nH]4)c(-c4cccc(OC(CCC(C)(C)C)C(=O)O)c4)c4nc(c(Br)c5ccc2[nH]5)C=C4)C=C3)c1)C(=O)O. The van der Waals surface area contributed by atoms with Gasteiger partial charge in [0.05, 0.1) is 42.8 Å². The molecule has 4 N–H and O–H groups in total. The van der Waals surface area contributed by atoms with Crippen molar-refractivity contribution in [3.8, 4) is 33.8 Å². The van der Waals surface area contributed by atoms with Crippen molar-refractivity contribution in [3.63, 3.8) is 0 Å². The van der Waals surface area contributed by atoms with Crippen molar-refractivity contribution >= 4 is 90.2 Å². The van der Waals surface area contributed by atoms with Gasteiger partial charge in [-0.2, -0.15) is 0 Å². The van der Waals surface area contributed by atoms with Crippen LogP contribution in [-0.2, 0) is 9.59 Å². The van der Waals surface area contributed by atoms with Gasteiger partial charge in [0.25, 0.3) is 0 Å². The summed E-state index contributed by atoms with van der Waals surface area (Å²) in [4.78, 5) is 41.9. The number of hydrogen-bond acceptors (Lipinski definition) is 6. The molecule has 0 saturated carbocycles. The van der Waals surface area contributed by atoms with E-state index in [2.05, 4.69) is 83.4 Å². The number of aromatic nitrogens is 4. The van der Waals surface area contributed by atoms with Crippen LogP contribution in [-0.4, -0.2) is 54.3 Å². The predicted molar refractivity (Wildman–Crippen MR) is 247 cm³/mol. The van der Waals surface area contributed by atoms with E-state index in [1.165, 1.54) is 0 Å². The molecule has 2 aromatic carbocycles. The summed E-state index contributed by atoms with van der Waals surface area (Å²) in [6.07, 6.45) is 7.99. The number of hydrogen-bond donors (Lipinski definition) is 4. The second kappa shape index (κ2) is 17.3. The number of fused-ring (bicyclic) bond motifs is 8. The molecule has 310 valence electrons. The molecule has 2 unspecified atom stereocenters. The average molecular weight is 937 g/mol. The van der Waals surface area contributed by atoms with Crippen molar-refractivity contribution in [2.45, 2.75) is 79.4 Å². The minimum Gasteiger partial charge on any atom is -0.479 e. The Bertz CT molecular complexity index is 2510. The van der Waals surface area contributed by atoms with E-state index in [4.69, 9.17) is 19.4 Å². The fraction of sp³-hybridized carbons (Fsp3) is 0.292. The van der Waals surface area contributed by atoms with E-state index >= 15 is 0 Å². The fourth-order valence-electron chi connectivity index (χ4n) is 7.12. The van der Waals surface area contributed by atoms with Crippen LogP contribution < -0.4 is 9.47 Å². The number of rotatable bonds is 12. The lowest BCUT2D eigenvalue weighted by Gasteiger charge is -2.22. The average Bonchev–Trinajstić information content (AvgIpc) is 4.03. The molecule has 7 rings (SSSR count). The number of nitrogens with zero attached hydrogens (tertiary/aromatic N) is 2. The predicted octanol–water partition coefficient (Wildman–Crippen LogP) is 12.8. The number of carboxylic acids is 2. The molecule has 5 aromatic rings. The summed E-state index contributed by atoms with van der Waals surface area (Å²) in [7, 11) is 0. The summed E-state index contributed by atoms with van der Waals surface area (Å²) in [5.41, 5.74) is 9.06. The van der Waals surface area contributed by atoms with Gasteiger partial charge in [-0.15, -0.1) is 0 Å². The zero-order valence-corrected chi connectivity index (χ0v) is 37.6.